The fourth-order valence-electron chi connectivity index (χ4n) is 5.55. The number of ether oxygens (including phenoxy) is 1. The van der Waals surface area contributed by atoms with Gasteiger partial charge < -0.3 is 14.5 Å². The predicted octanol–water partition coefficient (Wildman–Crippen LogP) is 1.28. The van der Waals surface area contributed by atoms with Gasteiger partial charge in [-0.3, -0.25) is 4.84 Å². The van der Waals surface area contributed by atoms with Gasteiger partial charge in [0.25, 0.3) is 10.2 Å². The van der Waals surface area contributed by atoms with Gasteiger partial charge in [0.05, 0.1) is 0 Å². The van der Waals surface area contributed by atoms with Crippen LogP contribution < -0.4 is 9.57 Å². The lowest BCUT2D eigenvalue weighted by Crippen LogP contribution is -2.65. The van der Waals surface area contributed by atoms with E-state index in [2.05, 4.69) is 11.9 Å². The van der Waals surface area contributed by atoms with Gasteiger partial charge in [0.15, 0.2) is 17.6 Å². The van der Waals surface area contributed by atoms with Crippen LogP contribution in [-0.4, -0.2) is 46.9 Å². The summed E-state index contributed by atoms with van der Waals surface area (Å²) in [6.07, 6.45) is 3.69. The van der Waals surface area contributed by atoms with Gasteiger partial charge in [0.1, 0.15) is 6.10 Å². The molecule has 2 aliphatic heterocycles. The van der Waals surface area contributed by atoms with Crippen molar-refractivity contribution in [2.75, 3.05) is 13.6 Å². The van der Waals surface area contributed by atoms with E-state index < -0.39 is 27.8 Å². The van der Waals surface area contributed by atoms with Crippen molar-refractivity contribution in [3.8, 4) is 11.5 Å². The monoisotopic (exact) mass is 375 g/mol. The van der Waals surface area contributed by atoms with Crippen molar-refractivity contribution in [3.05, 3.63) is 55.6 Å². The maximum absolute atomic E-state index is 11.0. The minimum Gasteiger partial charge on any atom is -0.484 e. The molecule has 1 aromatic carbocycles. The molecular formula is C17H17N3O7. The first-order valence-electron chi connectivity index (χ1n) is 8.77. The average molecular weight is 375 g/mol. The molecule has 27 heavy (non-hydrogen) atoms. The maximum Gasteiger partial charge on any atom is 0.299 e. The van der Waals surface area contributed by atoms with Crippen molar-refractivity contribution in [1.82, 2.24) is 4.90 Å². The molecule has 10 heteroatoms. The van der Waals surface area contributed by atoms with Crippen LogP contribution in [0.3, 0.4) is 0 Å². The van der Waals surface area contributed by atoms with E-state index in [1.165, 1.54) is 6.07 Å². The van der Waals surface area contributed by atoms with Crippen LogP contribution in [-0.2, 0) is 16.7 Å². The Hall–Kier alpha value is -2.88. The highest BCUT2D eigenvalue weighted by molar-refractivity contribution is 5.62. The smallest absolute Gasteiger partial charge is 0.299 e. The number of nitrogens with zero attached hydrogens (tertiary/aromatic N) is 3. The van der Waals surface area contributed by atoms with Crippen LogP contribution in [0, 0.1) is 26.1 Å². The van der Waals surface area contributed by atoms with E-state index >= 15 is 0 Å². The fraction of sp³-hybridized carbons (Fsp3) is 0.529. The fourth-order valence-corrected chi connectivity index (χ4v) is 5.55. The van der Waals surface area contributed by atoms with Crippen LogP contribution in [0.1, 0.15) is 17.5 Å². The Bertz CT molecular complexity index is 888. The van der Waals surface area contributed by atoms with Gasteiger partial charge in [-0.15, -0.1) is 20.2 Å². The topological polar surface area (TPSA) is 117 Å². The van der Waals surface area contributed by atoms with Gasteiger partial charge in [0.2, 0.25) is 0 Å². The summed E-state index contributed by atoms with van der Waals surface area (Å²) in [7, 11) is 2.08. The third kappa shape index (κ3) is 2.04. The number of likely N-dealkylation sites (N-methyl/N-ethyl adjacent to an activating group) is 1. The SMILES string of the molecule is CN1CC[C@]23c4c5ccc(O[N+](=O)[O-])c4O[C@H]2[C@@H](O[N+](=O)[O-])C=C[C@H]3[C@H]1C5. The van der Waals surface area contributed by atoms with E-state index in [1.807, 2.05) is 12.1 Å². The average Bonchev–Trinajstić information content (AvgIpc) is 2.95. The van der Waals surface area contributed by atoms with E-state index in [4.69, 9.17) is 14.4 Å². The molecule has 10 nitrogen and oxygen atoms in total. The summed E-state index contributed by atoms with van der Waals surface area (Å²) in [6.45, 7) is 0.805. The zero-order valence-corrected chi connectivity index (χ0v) is 14.4. The first kappa shape index (κ1) is 16.3. The molecule has 1 saturated heterocycles. The lowest BCUT2D eigenvalue weighted by molar-refractivity contribution is -0.767. The molecule has 5 rings (SSSR count). The number of hydrogen-bond donors (Lipinski definition) is 0. The standard InChI is InChI=1S/C17H17N3O7/c1-18-7-6-17-10-3-5-13(27-20(23)24)16(17)25-15-12(26-19(21)22)4-2-9(14(15)17)8-11(10)18/h2-5,10-11,13,16H,6-8H2,1H3/t10-,11+,13-,16-,17-/m0/s1. The highest BCUT2D eigenvalue weighted by atomic mass is 17.0. The van der Waals surface area contributed by atoms with Crippen molar-refractivity contribution in [3.63, 3.8) is 0 Å². The van der Waals surface area contributed by atoms with Crippen LogP contribution in [0.4, 0.5) is 0 Å². The first-order chi connectivity index (χ1) is 12.9. The predicted molar refractivity (Wildman–Crippen MR) is 89.4 cm³/mol. The number of benzene rings is 1. The summed E-state index contributed by atoms with van der Waals surface area (Å²) in [5.41, 5.74) is 1.43. The van der Waals surface area contributed by atoms with E-state index in [-0.39, 0.29) is 17.7 Å². The van der Waals surface area contributed by atoms with Gasteiger partial charge in [-0.1, -0.05) is 18.2 Å². The van der Waals surface area contributed by atoms with Crippen molar-refractivity contribution >= 4 is 0 Å². The van der Waals surface area contributed by atoms with Crippen LogP contribution in [0.25, 0.3) is 0 Å². The zero-order chi connectivity index (χ0) is 18.9. The summed E-state index contributed by atoms with van der Waals surface area (Å²) >= 11 is 0. The summed E-state index contributed by atoms with van der Waals surface area (Å²) in [6, 6.07) is 3.62. The molecule has 5 atom stereocenters. The van der Waals surface area contributed by atoms with Gasteiger partial charge in [-0.2, -0.15) is 0 Å². The molecule has 1 aromatic rings. The highest BCUT2D eigenvalue weighted by Gasteiger charge is 2.65. The Morgan fingerprint density at radius 2 is 2.07 bits per heavy atom. The van der Waals surface area contributed by atoms with Crippen LogP contribution in [0.2, 0.25) is 0 Å². The normalized spacial score (nSPS) is 35.1. The van der Waals surface area contributed by atoms with Crippen LogP contribution in [0.15, 0.2) is 24.3 Å². The number of likely N-dealkylation sites (tertiary alicyclic amines) is 1. The minimum atomic E-state index is -0.873. The first-order valence-corrected chi connectivity index (χ1v) is 8.77. The molecule has 1 fully saturated rings. The number of piperidine rings is 1. The maximum atomic E-state index is 11.0. The molecule has 142 valence electrons. The molecule has 0 unspecified atom stereocenters. The molecule has 2 heterocycles. The molecule has 0 N–H and O–H groups in total. The Morgan fingerprint density at radius 3 is 2.81 bits per heavy atom. The quantitative estimate of drug-likeness (QED) is 0.439. The summed E-state index contributed by atoms with van der Waals surface area (Å²) in [5, 5.41) is 20.2. The molecule has 0 radical (unpaired) electrons. The third-order valence-corrected chi connectivity index (χ3v) is 6.50. The van der Waals surface area contributed by atoms with Crippen LogP contribution in [0.5, 0.6) is 11.5 Å². The van der Waals surface area contributed by atoms with Gasteiger partial charge in [-0.25, -0.2) is 0 Å². The van der Waals surface area contributed by atoms with Gasteiger partial charge in [-0.05, 0) is 38.1 Å². The lowest BCUT2D eigenvalue weighted by atomic mass is 9.53. The van der Waals surface area contributed by atoms with Crippen LogP contribution >= 0.6 is 0 Å². The molecule has 2 bridgehead atoms. The zero-order valence-electron chi connectivity index (χ0n) is 14.4. The summed E-state index contributed by atoms with van der Waals surface area (Å²) in [4.78, 5) is 33.9. The molecule has 0 amide bonds. The molecule has 1 spiro atoms. The lowest BCUT2D eigenvalue weighted by Gasteiger charge is -2.56. The Morgan fingerprint density at radius 1 is 1.26 bits per heavy atom. The molecule has 2 aliphatic carbocycles. The molecule has 4 aliphatic rings. The van der Waals surface area contributed by atoms with Crippen molar-refractivity contribution in [2.45, 2.75) is 36.5 Å². The Balaban J connectivity index is 1.71. The van der Waals surface area contributed by atoms with E-state index in [9.17, 15) is 20.2 Å². The largest absolute Gasteiger partial charge is 0.484 e. The summed E-state index contributed by atoms with van der Waals surface area (Å²) in [5.74, 6) is 0.439. The van der Waals surface area contributed by atoms with E-state index in [1.54, 1.807) is 6.08 Å². The Kier molecular flexibility index (Phi) is 3.21. The number of hydrogen-bond acceptors (Lipinski definition) is 8. The summed E-state index contributed by atoms with van der Waals surface area (Å²) < 4.78 is 6.13. The van der Waals surface area contributed by atoms with Crippen molar-refractivity contribution < 1.29 is 24.6 Å². The highest BCUT2D eigenvalue weighted by Crippen LogP contribution is 2.62. The molecule has 0 saturated carbocycles. The number of rotatable bonds is 4. The minimum absolute atomic E-state index is 0.0264. The van der Waals surface area contributed by atoms with Gasteiger partial charge >= 0.3 is 0 Å². The van der Waals surface area contributed by atoms with Crippen molar-refractivity contribution in [1.29, 1.82) is 0 Å². The molecular weight excluding hydrogens is 358 g/mol. The second-order valence-electron chi connectivity index (χ2n) is 7.53. The van der Waals surface area contributed by atoms with Crippen molar-refractivity contribution in [2.24, 2.45) is 5.92 Å². The Labute approximate surface area is 153 Å². The van der Waals surface area contributed by atoms with E-state index in [0.717, 1.165) is 30.5 Å². The second-order valence-corrected chi connectivity index (χ2v) is 7.53. The molecule has 0 aromatic heterocycles. The third-order valence-electron chi connectivity index (χ3n) is 6.50. The van der Waals surface area contributed by atoms with Gasteiger partial charge in [0, 0.05) is 22.9 Å². The second kappa shape index (κ2) is 5.32. The van der Waals surface area contributed by atoms with E-state index in [0.29, 0.717) is 5.75 Å².